The van der Waals surface area contributed by atoms with Crippen LogP contribution < -0.4 is 10.6 Å². The van der Waals surface area contributed by atoms with Gasteiger partial charge in [-0.3, -0.25) is 4.79 Å². The molecule has 1 aliphatic heterocycles. The standard InChI is InChI=1S/C17H26FN3O.2ClH/c1-21(2)16(14-4-6-15(18)7-5-14)12-20-17(22)8-3-13-9-10-19-11-13;;/h4-7,13,16,19H,3,8-12H2,1-2H3,(H,20,22);2*1H. The van der Waals surface area contributed by atoms with E-state index in [-0.39, 0.29) is 42.6 Å². The number of hydrogen-bond acceptors (Lipinski definition) is 3. The number of carbonyl (C=O) groups excluding carboxylic acids is 1. The Labute approximate surface area is 156 Å². The first kappa shape index (κ1) is 23.1. The van der Waals surface area contributed by atoms with Crippen LogP contribution in [0.3, 0.4) is 0 Å². The fourth-order valence-electron chi connectivity index (χ4n) is 2.88. The summed E-state index contributed by atoms with van der Waals surface area (Å²) in [6.45, 7) is 2.64. The second kappa shape index (κ2) is 11.6. The minimum Gasteiger partial charge on any atom is -0.354 e. The molecule has 24 heavy (non-hydrogen) atoms. The second-order valence-corrected chi connectivity index (χ2v) is 6.23. The smallest absolute Gasteiger partial charge is 0.220 e. The Morgan fingerprint density at radius 2 is 2.00 bits per heavy atom. The first-order valence-corrected chi connectivity index (χ1v) is 7.95. The summed E-state index contributed by atoms with van der Waals surface area (Å²) in [7, 11) is 3.93. The zero-order valence-electron chi connectivity index (χ0n) is 14.3. The quantitative estimate of drug-likeness (QED) is 0.765. The maximum absolute atomic E-state index is 13.0. The fraction of sp³-hybridized carbons (Fsp3) is 0.588. The Hall–Kier alpha value is -0.880. The van der Waals surface area contributed by atoms with Crippen molar-refractivity contribution in [1.29, 1.82) is 0 Å². The van der Waals surface area contributed by atoms with Crippen molar-refractivity contribution in [1.82, 2.24) is 15.5 Å². The molecule has 1 fully saturated rings. The van der Waals surface area contributed by atoms with Gasteiger partial charge in [-0.15, -0.1) is 24.8 Å². The van der Waals surface area contributed by atoms with Crippen molar-refractivity contribution in [3.05, 3.63) is 35.6 Å². The number of carbonyl (C=O) groups is 1. The maximum Gasteiger partial charge on any atom is 0.220 e. The van der Waals surface area contributed by atoms with Gasteiger partial charge in [0.05, 0.1) is 6.04 Å². The van der Waals surface area contributed by atoms with Gasteiger partial charge in [-0.1, -0.05) is 12.1 Å². The van der Waals surface area contributed by atoms with Gasteiger partial charge < -0.3 is 15.5 Å². The molecule has 4 nitrogen and oxygen atoms in total. The Balaban J connectivity index is 0.00000264. The van der Waals surface area contributed by atoms with E-state index in [0.29, 0.717) is 18.9 Å². The number of amides is 1. The van der Waals surface area contributed by atoms with Crippen LogP contribution in [-0.4, -0.2) is 44.5 Å². The molecule has 0 radical (unpaired) electrons. The van der Waals surface area contributed by atoms with Gasteiger partial charge in [0, 0.05) is 13.0 Å². The van der Waals surface area contributed by atoms with Crippen molar-refractivity contribution in [2.24, 2.45) is 5.92 Å². The highest BCUT2D eigenvalue weighted by molar-refractivity contribution is 5.85. The van der Waals surface area contributed by atoms with Crippen LogP contribution in [0.5, 0.6) is 0 Å². The lowest BCUT2D eigenvalue weighted by molar-refractivity contribution is -0.121. The van der Waals surface area contributed by atoms with Crippen molar-refractivity contribution in [3.8, 4) is 0 Å². The molecule has 0 saturated carbocycles. The van der Waals surface area contributed by atoms with Crippen LogP contribution in [0.4, 0.5) is 4.39 Å². The van der Waals surface area contributed by atoms with E-state index in [4.69, 9.17) is 0 Å². The van der Waals surface area contributed by atoms with E-state index in [1.54, 1.807) is 12.1 Å². The largest absolute Gasteiger partial charge is 0.354 e. The molecule has 0 aromatic heterocycles. The lowest BCUT2D eigenvalue weighted by atomic mass is 10.0. The van der Waals surface area contributed by atoms with E-state index < -0.39 is 0 Å². The molecule has 0 bridgehead atoms. The Kier molecular flexibility index (Phi) is 11.2. The summed E-state index contributed by atoms with van der Waals surface area (Å²) in [6.07, 6.45) is 2.70. The average Bonchev–Trinajstić information content (AvgIpc) is 3.00. The summed E-state index contributed by atoms with van der Waals surface area (Å²) in [4.78, 5) is 14.0. The monoisotopic (exact) mass is 379 g/mol. The molecule has 2 N–H and O–H groups in total. The summed E-state index contributed by atoms with van der Waals surface area (Å²) in [5.41, 5.74) is 1.01. The Morgan fingerprint density at radius 1 is 1.33 bits per heavy atom. The molecule has 2 unspecified atom stereocenters. The number of benzene rings is 1. The van der Waals surface area contributed by atoms with Gasteiger partial charge >= 0.3 is 0 Å². The van der Waals surface area contributed by atoms with Crippen LogP contribution in [0.2, 0.25) is 0 Å². The zero-order chi connectivity index (χ0) is 15.9. The predicted molar refractivity (Wildman–Crippen MR) is 101 cm³/mol. The lowest BCUT2D eigenvalue weighted by Gasteiger charge is -2.25. The summed E-state index contributed by atoms with van der Waals surface area (Å²) in [5, 5.41) is 6.32. The van der Waals surface area contributed by atoms with Crippen molar-refractivity contribution in [2.75, 3.05) is 33.7 Å². The van der Waals surface area contributed by atoms with Gasteiger partial charge in [-0.05, 0) is 63.6 Å². The van der Waals surface area contributed by atoms with Crippen LogP contribution in [0.25, 0.3) is 0 Å². The molecule has 1 aromatic carbocycles. The topological polar surface area (TPSA) is 44.4 Å². The van der Waals surface area contributed by atoms with Gasteiger partial charge in [0.15, 0.2) is 0 Å². The molecule has 1 aliphatic rings. The predicted octanol–water partition coefficient (Wildman–Crippen LogP) is 2.78. The normalized spacial score (nSPS) is 17.8. The third-order valence-electron chi connectivity index (χ3n) is 4.31. The molecular weight excluding hydrogens is 352 g/mol. The number of rotatable bonds is 7. The van der Waals surface area contributed by atoms with E-state index in [2.05, 4.69) is 10.6 Å². The van der Waals surface area contributed by atoms with E-state index in [1.807, 2.05) is 19.0 Å². The number of hydrogen-bond donors (Lipinski definition) is 2. The second-order valence-electron chi connectivity index (χ2n) is 6.23. The van der Waals surface area contributed by atoms with Crippen molar-refractivity contribution >= 4 is 30.7 Å². The SMILES string of the molecule is CN(C)C(CNC(=O)CCC1CCNC1)c1ccc(F)cc1.Cl.Cl. The molecule has 2 atom stereocenters. The van der Waals surface area contributed by atoms with E-state index in [1.165, 1.54) is 18.6 Å². The molecular formula is C17H28Cl2FN3O. The van der Waals surface area contributed by atoms with Gasteiger partial charge in [-0.2, -0.15) is 0 Å². The van der Waals surface area contributed by atoms with Gasteiger partial charge in [0.2, 0.25) is 5.91 Å². The zero-order valence-corrected chi connectivity index (χ0v) is 15.9. The van der Waals surface area contributed by atoms with Crippen molar-refractivity contribution in [2.45, 2.75) is 25.3 Å². The summed E-state index contributed by atoms with van der Waals surface area (Å²) in [5.74, 6) is 0.490. The molecule has 1 heterocycles. The third kappa shape index (κ3) is 7.34. The van der Waals surface area contributed by atoms with E-state index in [0.717, 1.165) is 25.1 Å². The Morgan fingerprint density at radius 3 is 2.54 bits per heavy atom. The van der Waals surface area contributed by atoms with Crippen LogP contribution in [0.1, 0.15) is 30.9 Å². The number of nitrogens with one attached hydrogen (secondary N) is 2. The van der Waals surface area contributed by atoms with Gasteiger partial charge in [0.25, 0.3) is 0 Å². The molecule has 2 rings (SSSR count). The fourth-order valence-corrected chi connectivity index (χ4v) is 2.88. The molecule has 1 aromatic rings. The highest BCUT2D eigenvalue weighted by atomic mass is 35.5. The minimum absolute atomic E-state index is 0. The van der Waals surface area contributed by atoms with E-state index >= 15 is 0 Å². The Bertz CT molecular complexity index is 479. The van der Waals surface area contributed by atoms with Crippen LogP contribution in [0, 0.1) is 11.7 Å². The summed E-state index contributed by atoms with van der Waals surface area (Å²) in [6, 6.07) is 6.52. The highest BCUT2D eigenvalue weighted by Gasteiger charge is 2.18. The van der Waals surface area contributed by atoms with Crippen molar-refractivity contribution in [3.63, 3.8) is 0 Å². The van der Waals surface area contributed by atoms with Crippen LogP contribution in [0.15, 0.2) is 24.3 Å². The summed E-state index contributed by atoms with van der Waals surface area (Å²) < 4.78 is 13.0. The molecule has 7 heteroatoms. The van der Waals surface area contributed by atoms with E-state index in [9.17, 15) is 9.18 Å². The molecule has 138 valence electrons. The minimum atomic E-state index is -0.240. The number of likely N-dealkylation sites (N-methyl/N-ethyl adjacent to an activating group) is 1. The molecule has 0 aliphatic carbocycles. The molecule has 1 amide bonds. The molecule has 0 spiro atoms. The third-order valence-corrected chi connectivity index (χ3v) is 4.31. The number of halogens is 3. The van der Waals surface area contributed by atoms with Crippen molar-refractivity contribution < 1.29 is 9.18 Å². The van der Waals surface area contributed by atoms with Gasteiger partial charge in [-0.25, -0.2) is 4.39 Å². The average molecular weight is 380 g/mol. The lowest BCUT2D eigenvalue weighted by Crippen LogP contribution is -2.34. The van der Waals surface area contributed by atoms with Crippen LogP contribution >= 0.6 is 24.8 Å². The first-order valence-electron chi connectivity index (χ1n) is 7.95. The highest BCUT2D eigenvalue weighted by Crippen LogP contribution is 2.18. The van der Waals surface area contributed by atoms with Gasteiger partial charge in [0.1, 0.15) is 5.82 Å². The maximum atomic E-state index is 13.0. The van der Waals surface area contributed by atoms with Crippen LogP contribution in [-0.2, 0) is 4.79 Å². The number of nitrogens with zero attached hydrogens (tertiary/aromatic N) is 1. The molecule has 1 saturated heterocycles. The first-order chi connectivity index (χ1) is 10.6. The summed E-state index contributed by atoms with van der Waals surface area (Å²) >= 11 is 0.